The SMILES string of the molecule is CC(CCc1ccc(OC(C)C)cc1)NC(=O)NCc1ccc2c(c1)OCO2. The zero-order valence-electron chi connectivity index (χ0n) is 16.7. The Balaban J connectivity index is 1.38. The number of hydrogen-bond donors (Lipinski definition) is 2. The molecule has 150 valence electrons. The predicted molar refractivity (Wildman–Crippen MR) is 108 cm³/mol. The molecule has 6 heteroatoms. The van der Waals surface area contributed by atoms with E-state index in [1.54, 1.807) is 0 Å². The van der Waals surface area contributed by atoms with E-state index in [0.29, 0.717) is 6.54 Å². The van der Waals surface area contributed by atoms with E-state index in [1.165, 1.54) is 5.56 Å². The minimum Gasteiger partial charge on any atom is -0.491 e. The summed E-state index contributed by atoms with van der Waals surface area (Å²) < 4.78 is 16.3. The normalized spacial score (nSPS) is 13.3. The van der Waals surface area contributed by atoms with Crippen molar-refractivity contribution >= 4 is 6.03 Å². The second-order valence-corrected chi connectivity index (χ2v) is 7.26. The van der Waals surface area contributed by atoms with Gasteiger partial charge in [0.1, 0.15) is 5.75 Å². The molecule has 1 atom stereocenters. The summed E-state index contributed by atoms with van der Waals surface area (Å²) in [6.45, 7) is 6.72. The van der Waals surface area contributed by atoms with E-state index in [4.69, 9.17) is 14.2 Å². The van der Waals surface area contributed by atoms with Gasteiger partial charge in [-0.25, -0.2) is 4.79 Å². The Hall–Kier alpha value is -2.89. The Morgan fingerprint density at radius 1 is 1.04 bits per heavy atom. The predicted octanol–water partition coefficient (Wildman–Crippen LogP) is 4.02. The molecular formula is C22H28N2O4. The molecule has 2 aromatic carbocycles. The van der Waals surface area contributed by atoms with Crippen LogP contribution in [0.1, 0.15) is 38.3 Å². The number of benzene rings is 2. The van der Waals surface area contributed by atoms with Gasteiger partial charge in [-0.2, -0.15) is 0 Å². The number of carbonyl (C=O) groups is 1. The number of ether oxygens (including phenoxy) is 3. The van der Waals surface area contributed by atoms with E-state index < -0.39 is 0 Å². The number of carbonyl (C=O) groups excluding carboxylic acids is 1. The third-order valence-electron chi connectivity index (χ3n) is 4.43. The number of amides is 2. The number of hydrogen-bond acceptors (Lipinski definition) is 4. The highest BCUT2D eigenvalue weighted by Gasteiger charge is 2.14. The molecule has 0 bridgehead atoms. The molecule has 2 amide bonds. The van der Waals surface area contributed by atoms with Crippen molar-refractivity contribution in [3.8, 4) is 17.2 Å². The molecule has 3 rings (SSSR count). The molecule has 6 nitrogen and oxygen atoms in total. The Bertz CT molecular complexity index is 790. The average molecular weight is 384 g/mol. The Morgan fingerprint density at radius 2 is 1.75 bits per heavy atom. The zero-order valence-corrected chi connectivity index (χ0v) is 16.7. The van der Waals surface area contributed by atoms with Crippen LogP contribution >= 0.6 is 0 Å². The minimum atomic E-state index is -0.175. The minimum absolute atomic E-state index is 0.0725. The molecule has 0 aliphatic carbocycles. The Morgan fingerprint density at radius 3 is 2.50 bits per heavy atom. The van der Waals surface area contributed by atoms with Gasteiger partial charge in [0.05, 0.1) is 6.10 Å². The quantitative estimate of drug-likeness (QED) is 0.721. The summed E-state index contributed by atoms with van der Waals surface area (Å²) in [6, 6.07) is 13.7. The lowest BCUT2D eigenvalue weighted by molar-refractivity contribution is 0.174. The van der Waals surface area contributed by atoms with E-state index in [0.717, 1.165) is 35.7 Å². The molecule has 1 aliphatic rings. The van der Waals surface area contributed by atoms with Crippen LogP contribution in [-0.4, -0.2) is 25.0 Å². The van der Waals surface area contributed by atoms with Gasteiger partial charge in [-0.1, -0.05) is 18.2 Å². The summed E-state index contributed by atoms with van der Waals surface area (Å²) in [5, 5.41) is 5.86. The number of urea groups is 1. The fourth-order valence-corrected chi connectivity index (χ4v) is 2.97. The lowest BCUT2D eigenvalue weighted by atomic mass is 10.1. The summed E-state index contributed by atoms with van der Waals surface area (Å²) in [5.74, 6) is 2.34. The standard InChI is InChI=1S/C22H28N2O4/c1-15(2)28-19-9-6-17(7-10-19)5-4-16(3)24-22(25)23-13-18-8-11-20-21(12-18)27-14-26-20/h6-12,15-16H,4-5,13-14H2,1-3H3,(H2,23,24,25). The number of aryl methyl sites for hydroxylation is 1. The molecule has 2 N–H and O–H groups in total. The molecule has 0 fully saturated rings. The van der Waals surface area contributed by atoms with Gasteiger partial charge in [0, 0.05) is 12.6 Å². The van der Waals surface area contributed by atoms with Crippen LogP contribution in [0.4, 0.5) is 4.79 Å². The van der Waals surface area contributed by atoms with E-state index in [1.807, 2.05) is 51.1 Å². The highest BCUT2D eigenvalue weighted by molar-refractivity contribution is 5.74. The maximum absolute atomic E-state index is 12.1. The van der Waals surface area contributed by atoms with Crippen molar-refractivity contribution in [2.24, 2.45) is 0 Å². The maximum atomic E-state index is 12.1. The molecule has 0 radical (unpaired) electrons. The molecule has 1 aliphatic heterocycles. The number of fused-ring (bicyclic) bond motifs is 1. The Kier molecular flexibility index (Phi) is 6.63. The van der Waals surface area contributed by atoms with Crippen LogP contribution in [0.5, 0.6) is 17.2 Å². The van der Waals surface area contributed by atoms with E-state index in [2.05, 4.69) is 22.8 Å². The molecule has 0 saturated heterocycles. The van der Waals surface area contributed by atoms with Gasteiger partial charge in [-0.15, -0.1) is 0 Å². The van der Waals surface area contributed by atoms with E-state index in [-0.39, 0.29) is 25.0 Å². The summed E-state index contributed by atoms with van der Waals surface area (Å²) in [4.78, 5) is 12.1. The summed E-state index contributed by atoms with van der Waals surface area (Å²) in [5.41, 5.74) is 2.20. The highest BCUT2D eigenvalue weighted by Crippen LogP contribution is 2.32. The topological polar surface area (TPSA) is 68.8 Å². The first kappa shape index (κ1) is 19.9. The van der Waals surface area contributed by atoms with Crippen LogP contribution in [0.25, 0.3) is 0 Å². The van der Waals surface area contributed by atoms with Crippen molar-refractivity contribution in [1.82, 2.24) is 10.6 Å². The summed E-state index contributed by atoms with van der Waals surface area (Å²) in [6.07, 6.45) is 1.93. The maximum Gasteiger partial charge on any atom is 0.315 e. The smallest absolute Gasteiger partial charge is 0.315 e. The van der Waals surface area contributed by atoms with E-state index >= 15 is 0 Å². The van der Waals surface area contributed by atoms with Crippen molar-refractivity contribution in [3.63, 3.8) is 0 Å². The van der Waals surface area contributed by atoms with Crippen LogP contribution < -0.4 is 24.8 Å². The summed E-state index contributed by atoms with van der Waals surface area (Å²) in [7, 11) is 0. The zero-order chi connectivity index (χ0) is 19.9. The second kappa shape index (κ2) is 9.35. The molecular weight excluding hydrogens is 356 g/mol. The highest BCUT2D eigenvalue weighted by atomic mass is 16.7. The van der Waals surface area contributed by atoms with Crippen molar-refractivity contribution < 1.29 is 19.0 Å². The van der Waals surface area contributed by atoms with Crippen molar-refractivity contribution in [2.45, 2.75) is 52.3 Å². The fraction of sp³-hybridized carbons (Fsp3) is 0.409. The molecule has 1 heterocycles. The van der Waals surface area contributed by atoms with Gasteiger partial charge < -0.3 is 24.8 Å². The average Bonchev–Trinajstić information content (AvgIpc) is 3.13. The fourth-order valence-electron chi connectivity index (χ4n) is 2.97. The molecule has 0 spiro atoms. The third kappa shape index (κ3) is 5.81. The largest absolute Gasteiger partial charge is 0.491 e. The second-order valence-electron chi connectivity index (χ2n) is 7.26. The van der Waals surface area contributed by atoms with Crippen molar-refractivity contribution in [1.29, 1.82) is 0 Å². The third-order valence-corrected chi connectivity index (χ3v) is 4.43. The van der Waals surface area contributed by atoms with Gasteiger partial charge in [-0.05, 0) is 69.0 Å². The van der Waals surface area contributed by atoms with Crippen LogP contribution in [0.15, 0.2) is 42.5 Å². The first-order valence-corrected chi connectivity index (χ1v) is 9.68. The monoisotopic (exact) mass is 384 g/mol. The molecule has 0 aromatic heterocycles. The van der Waals surface area contributed by atoms with Gasteiger partial charge in [0.15, 0.2) is 11.5 Å². The number of rotatable bonds is 8. The first-order chi connectivity index (χ1) is 13.5. The van der Waals surface area contributed by atoms with Crippen LogP contribution in [0.3, 0.4) is 0 Å². The van der Waals surface area contributed by atoms with Crippen LogP contribution in [-0.2, 0) is 13.0 Å². The van der Waals surface area contributed by atoms with Gasteiger partial charge in [0.2, 0.25) is 6.79 Å². The molecule has 1 unspecified atom stereocenters. The first-order valence-electron chi connectivity index (χ1n) is 9.68. The van der Waals surface area contributed by atoms with E-state index in [9.17, 15) is 4.79 Å². The van der Waals surface area contributed by atoms with Crippen molar-refractivity contribution in [3.05, 3.63) is 53.6 Å². The molecule has 2 aromatic rings. The van der Waals surface area contributed by atoms with Gasteiger partial charge in [-0.3, -0.25) is 0 Å². The Labute approximate surface area is 166 Å². The summed E-state index contributed by atoms with van der Waals surface area (Å²) >= 11 is 0. The van der Waals surface area contributed by atoms with Crippen molar-refractivity contribution in [2.75, 3.05) is 6.79 Å². The molecule has 0 saturated carbocycles. The molecule has 28 heavy (non-hydrogen) atoms. The van der Waals surface area contributed by atoms with Crippen LogP contribution in [0.2, 0.25) is 0 Å². The van der Waals surface area contributed by atoms with Crippen LogP contribution in [0, 0.1) is 0 Å². The number of nitrogens with one attached hydrogen (secondary N) is 2. The lowest BCUT2D eigenvalue weighted by Crippen LogP contribution is -2.40. The van der Waals surface area contributed by atoms with Gasteiger partial charge >= 0.3 is 6.03 Å². The lowest BCUT2D eigenvalue weighted by Gasteiger charge is -2.15. The van der Waals surface area contributed by atoms with Gasteiger partial charge in [0.25, 0.3) is 0 Å².